The fourth-order valence-corrected chi connectivity index (χ4v) is 3.91. The molecule has 0 saturated carbocycles. The van der Waals surface area contributed by atoms with Gasteiger partial charge in [-0.15, -0.1) is 0 Å². The molecule has 0 amide bonds. The Bertz CT molecular complexity index is 887. The van der Waals surface area contributed by atoms with E-state index < -0.39 is 14.9 Å². The average Bonchev–Trinajstić information content (AvgIpc) is 2.64. The lowest BCUT2D eigenvalue weighted by Gasteiger charge is -2.18. The van der Waals surface area contributed by atoms with Gasteiger partial charge in [-0.2, -0.15) is 0 Å². The van der Waals surface area contributed by atoms with Gasteiger partial charge in [-0.05, 0) is 50.8 Å². The van der Waals surface area contributed by atoms with Gasteiger partial charge in [0.1, 0.15) is 0 Å². The molecule has 0 unspecified atom stereocenters. The SMILES string of the molecule is CC(C)=CC[C@@H](CCc1ccccc1)NS(=O)(=O)c1ccc([N+](=O)[O-])cc1. The molecule has 6 nitrogen and oxygen atoms in total. The second kappa shape index (κ2) is 9.43. The topological polar surface area (TPSA) is 89.3 Å². The summed E-state index contributed by atoms with van der Waals surface area (Å²) < 4.78 is 28.1. The van der Waals surface area contributed by atoms with Crippen LogP contribution in [0.2, 0.25) is 0 Å². The molecule has 0 fully saturated rings. The molecule has 2 aromatic carbocycles. The number of rotatable bonds is 9. The number of nitrogens with zero attached hydrogens (tertiary/aromatic N) is 1. The summed E-state index contributed by atoms with van der Waals surface area (Å²) in [7, 11) is -3.76. The summed E-state index contributed by atoms with van der Waals surface area (Å²) in [5.41, 5.74) is 2.13. The molecule has 2 rings (SSSR count). The van der Waals surface area contributed by atoms with E-state index in [0.717, 1.165) is 17.6 Å². The third-order valence-electron chi connectivity index (χ3n) is 4.11. The molecule has 0 bridgehead atoms. The molecule has 1 N–H and O–H groups in total. The van der Waals surface area contributed by atoms with E-state index in [9.17, 15) is 18.5 Å². The zero-order chi connectivity index (χ0) is 19.9. The normalized spacial score (nSPS) is 12.4. The highest BCUT2D eigenvalue weighted by Crippen LogP contribution is 2.18. The number of hydrogen-bond donors (Lipinski definition) is 1. The van der Waals surface area contributed by atoms with Gasteiger partial charge in [-0.1, -0.05) is 42.0 Å². The molecule has 7 heteroatoms. The van der Waals surface area contributed by atoms with Crippen molar-refractivity contribution in [2.75, 3.05) is 0 Å². The Morgan fingerprint density at radius 2 is 1.74 bits per heavy atom. The Kier molecular flexibility index (Phi) is 7.27. The lowest BCUT2D eigenvalue weighted by molar-refractivity contribution is -0.384. The van der Waals surface area contributed by atoms with Crippen LogP contribution in [0.3, 0.4) is 0 Å². The van der Waals surface area contributed by atoms with Crippen molar-refractivity contribution < 1.29 is 13.3 Å². The lowest BCUT2D eigenvalue weighted by Crippen LogP contribution is -2.35. The van der Waals surface area contributed by atoms with Crippen LogP contribution in [-0.2, 0) is 16.4 Å². The lowest BCUT2D eigenvalue weighted by atomic mass is 10.0. The number of hydrogen-bond acceptors (Lipinski definition) is 4. The fraction of sp³-hybridized carbons (Fsp3) is 0.300. The van der Waals surface area contributed by atoms with Crippen LogP contribution in [0.4, 0.5) is 5.69 Å². The smallest absolute Gasteiger partial charge is 0.258 e. The maximum atomic E-state index is 12.7. The summed E-state index contributed by atoms with van der Waals surface area (Å²) >= 11 is 0. The Morgan fingerprint density at radius 3 is 2.30 bits per heavy atom. The Labute approximate surface area is 160 Å². The number of sulfonamides is 1. The van der Waals surface area contributed by atoms with Gasteiger partial charge < -0.3 is 0 Å². The van der Waals surface area contributed by atoms with Gasteiger partial charge in [0.25, 0.3) is 5.69 Å². The second-order valence-electron chi connectivity index (χ2n) is 6.61. The average molecular weight is 388 g/mol. The van der Waals surface area contributed by atoms with Crippen LogP contribution < -0.4 is 4.72 Å². The molecule has 0 aliphatic carbocycles. The molecule has 144 valence electrons. The highest BCUT2D eigenvalue weighted by Gasteiger charge is 2.20. The van der Waals surface area contributed by atoms with Crippen LogP contribution in [-0.4, -0.2) is 19.4 Å². The van der Waals surface area contributed by atoms with Crippen LogP contribution in [0.25, 0.3) is 0 Å². The van der Waals surface area contributed by atoms with Gasteiger partial charge in [-0.25, -0.2) is 13.1 Å². The third-order valence-corrected chi connectivity index (χ3v) is 5.65. The van der Waals surface area contributed by atoms with Gasteiger partial charge >= 0.3 is 0 Å². The maximum Gasteiger partial charge on any atom is 0.269 e. The minimum absolute atomic E-state index is 0.0232. The van der Waals surface area contributed by atoms with Crippen molar-refractivity contribution in [1.29, 1.82) is 0 Å². The number of aryl methyl sites for hydroxylation is 1. The van der Waals surface area contributed by atoms with E-state index >= 15 is 0 Å². The summed E-state index contributed by atoms with van der Waals surface area (Å²) in [4.78, 5) is 10.2. The van der Waals surface area contributed by atoms with Crippen molar-refractivity contribution in [2.45, 2.75) is 44.0 Å². The van der Waals surface area contributed by atoms with Crippen molar-refractivity contribution in [2.24, 2.45) is 0 Å². The molecule has 0 aliphatic rings. The first-order valence-electron chi connectivity index (χ1n) is 8.72. The van der Waals surface area contributed by atoms with Gasteiger partial charge in [0.2, 0.25) is 10.0 Å². The number of non-ortho nitro benzene ring substituents is 1. The minimum atomic E-state index is -3.76. The number of nitro benzene ring substituents is 1. The van der Waals surface area contributed by atoms with E-state index in [0.29, 0.717) is 12.8 Å². The monoisotopic (exact) mass is 388 g/mol. The molecule has 2 aromatic rings. The number of nitrogens with one attached hydrogen (secondary N) is 1. The first-order valence-corrected chi connectivity index (χ1v) is 10.2. The number of nitro groups is 1. The minimum Gasteiger partial charge on any atom is -0.258 e. The fourth-order valence-electron chi connectivity index (χ4n) is 2.62. The largest absolute Gasteiger partial charge is 0.269 e. The summed E-state index contributed by atoms with van der Waals surface area (Å²) in [6.45, 7) is 3.94. The van der Waals surface area contributed by atoms with Crippen molar-refractivity contribution >= 4 is 15.7 Å². The van der Waals surface area contributed by atoms with Crippen molar-refractivity contribution in [3.63, 3.8) is 0 Å². The number of allylic oxidation sites excluding steroid dienone is 1. The summed E-state index contributed by atoms with van der Waals surface area (Å²) in [6, 6.07) is 14.6. The molecule has 0 aromatic heterocycles. The van der Waals surface area contributed by atoms with Gasteiger partial charge in [0, 0.05) is 18.2 Å². The van der Waals surface area contributed by atoms with Crippen LogP contribution in [0.15, 0.2) is 71.1 Å². The molecule has 0 radical (unpaired) electrons. The van der Waals surface area contributed by atoms with Crippen molar-refractivity contribution in [3.8, 4) is 0 Å². The first kappa shape index (κ1) is 20.8. The third kappa shape index (κ3) is 6.62. The van der Waals surface area contributed by atoms with Gasteiger partial charge in [0.15, 0.2) is 0 Å². The Hall–Kier alpha value is -2.51. The molecule has 0 aliphatic heterocycles. The predicted molar refractivity (Wildman–Crippen MR) is 106 cm³/mol. The van der Waals surface area contributed by atoms with E-state index in [4.69, 9.17) is 0 Å². The van der Waals surface area contributed by atoms with Crippen LogP contribution in [0, 0.1) is 10.1 Å². The Balaban J connectivity index is 2.13. The summed E-state index contributed by atoms with van der Waals surface area (Å²) in [5.74, 6) is 0. The quantitative estimate of drug-likeness (QED) is 0.395. The standard InChI is InChI=1S/C20H24N2O4S/c1-16(2)8-10-18(11-9-17-6-4-3-5-7-17)21-27(25,26)20-14-12-19(13-15-20)22(23)24/h3-8,12-15,18,21H,9-11H2,1-2H3/t18-/m0/s1. The summed E-state index contributed by atoms with van der Waals surface area (Å²) in [5, 5.41) is 10.7. The van der Waals surface area contributed by atoms with Crippen LogP contribution in [0.1, 0.15) is 32.3 Å². The van der Waals surface area contributed by atoms with E-state index in [1.807, 2.05) is 50.3 Å². The molecule has 27 heavy (non-hydrogen) atoms. The van der Waals surface area contributed by atoms with E-state index in [2.05, 4.69) is 4.72 Å². The van der Waals surface area contributed by atoms with Gasteiger partial charge in [-0.3, -0.25) is 10.1 Å². The highest BCUT2D eigenvalue weighted by molar-refractivity contribution is 7.89. The first-order chi connectivity index (χ1) is 12.8. The second-order valence-corrected chi connectivity index (χ2v) is 8.32. The molecule has 0 spiro atoms. The maximum absolute atomic E-state index is 12.7. The molecular weight excluding hydrogens is 364 g/mol. The predicted octanol–water partition coefficient (Wildman–Crippen LogP) is 4.23. The molecular formula is C20H24N2O4S. The van der Waals surface area contributed by atoms with Crippen LogP contribution in [0.5, 0.6) is 0 Å². The molecule has 0 heterocycles. The van der Waals surface area contributed by atoms with E-state index in [1.165, 1.54) is 24.3 Å². The zero-order valence-corrected chi connectivity index (χ0v) is 16.3. The zero-order valence-electron chi connectivity index (χ0n) is 15.5. The van der Waals surface area contributed by atoms with Crippen molar-refractivity contribution in [1.82, 2.24) is 4.72 Å². The Morgan fingerprint density at radius 1 is 1.11 bits per heavy atom. The molecule has 0 saturated heterocycles. The van der Waals surface area contributed by atoms with Crippen molar-refractivity contribution in [3.05, 3.63) is 81.9 Å². The van der Waals surface area contributed by atoms with E-state index in [1.54, 1.807) is 0 Å². The summed E-state index contributed by atoms with van der Waals surface area (Å²) in [6.07, 6.45) is 4.00. The van der Waals surface area contributed by atoms with Gasteiger partial charge in [0.05, 0.1) is 9.82 Å². The van der Waals surface area contributed by atoms with Crippen LogP contribution >= 0.6 is 0 Å². The number of benzene rings is 2. The van der Waals surface area contributed by atoms with E-state index in [-0.39, 0.29) is 16.6 Å². The highest BCUT2D eigenvalue weighted by atomic mass is 32.2. The molecule has 1 atom stereocenters.